The van der Waals surface area contributed by atoms with E-state index in [-0.39, 0.29) is 11.3 Å². The Hall–Kier alpha value is -2.76. The Bertz CT molecular complexity index is 671. The molecule has 0 aliphatic carbocycles. The highest BCUT2D eigenvalue weighted by atomic mass is 16.6. The zero-order valence-electron chi connectivity index (χ0n) is 11.6. The predicted octanol–water partition coefficient (Wildman–Crippen LogP) is 2.98. The second-order valence-electron chi connectivity index (χ2n) is 4.47. The largest absolute Gasteiger partial charge is 0.374 e. The predicted molar refractivity (Wildman–Crippen MR) is 79.4 cm³/mol. The molecule has 1 heterocycles. The molecule has 1 aromatic heterocycles. The summed E-state index contributed by atoms with van der Waals surface area (Å²) in [6, 6.07) is 8.18. The Kier molecular flexibility index (Phi) is 4.61. The first-order valence-corrected chi connectivity index (χ1v) is 6.56. The molecule has 6 nitrogen and oxygen atoms in total. The molecule has 2 aromatic rings. The summed E-state index contributed by atoms with van der Waals surface area (Å²) in [4.78, 5) is 25.5. The van der Waals surface area contributed by atoms with Crippen molar-refractivity contribution in [3.8, 4) is 0 Å². The summed E-state index contributed by atoms with van der Waals surface area (Å²) in [5, 5.41) is 14.1. The standard InChI is InChI=1S/C15H15N3O3/c1-2-12-4-3-7-16-14(12)9-17-13-6-5-11(10-19)8-15(13)18(20)21/h3-8,10,17H,2,9H2,1H3. The van der Waals surface area contributed by atoms with Gasteiger partial charge in [-0.2, -0.15) is 0 Å². The molecule has 0 spiro atoms. The molecule has 6 heteroatoms. The minimum atomic E-state index is -0.505. The second kappa shape index (κ2) is 6.60. The van der Waals surface area contributed by atoms with Gasteiger partial charge in [0.15, 0.2) is 0 Å². The first-order valence-electron chi connectivity index (χ1n) is 6.56. The van der Waals surface area contributed by atoms with Crippen molar-refractivity contribution >= 4 is 17.7 Å². The van der Waals surface area contributed by atoms with Crippen LogP contribution in [0.4, 0.5) is 11.4 Å². The normalized spacial score (nSPS) is 10.1. The fourth-order valence-corrected chi connectivity index (χ4v) is 2.05. The van der Waals surface area contributed by atoms with Gasteiger partial charge in [0.2, 0.25) is 0 Å². The lowest BCUT2D eigenvalue weighted by Gasteiger charge is -2.09. The SMILES string of the molecule is CCc1cccnc1CNc1ccc(C=O)cc1[N+](=O)[O-]. The van der Waals surface area contributed by atoms with E-state index < -0.39 is 4.92 Å². The van der Waals surface area contributed by atoms with Gasteiger partial charge in [0.25, 0.3) is 5.69 Å². The van der Waals surface area contributed by atoms with Gasteiger partial charge in [-0.15, -0.1) is 0 Å². The molecule has 0 saturated carbocycles. The number of carbonyl (C=O) groups is 1. The number of rotatable bonds is 6. The number of nitrogens with zero attached hydrogens (tertiary/aromatic N) is 2. The lowest BCUT2D eigenvalue weighted by molar-refractivity contribution is -0.384. The number of nitrogens with one attached hydrogen (secondary N) is 1. The number of aryl methyl sites for hydroxylation is 1. The molecule has 0 radical (unpaired) electrons. The molecule has 0 saturated heterocycles. The van der Waals surface area contributed by atoms with E-state index in [0.717, 1.165) is 17.7 Å². The van der Waals surface area contributed by atoms with Crippen LogP contribution in [0, 0.1) is 10.1 Å². The lowest BCUT2D eigenvalue weighted by Crippen LogP contribution is -2.07. The molecule has 108 valence electrons. The Morgan fingerprint density at radius 1 is 1.38 bits per heavy atom. The molecule has 21 heavy (non-hydrogen) atoms. The van der Waals surface area contributed by atoms with Crippen molar-refractivity contribution in [2.24, 2.45) is 0 Å². The zero-order valence-corrected chi connectivity index (χ0v) is 11.6. The van der Waals surface area contributed by atoms with Gasteiger partial charge < -0.3 is 5.32 Å². The minimum Gasteiger partial charge on any atom is -0.374 e. The molecule has 0 fully saturated rings. The van der Waals surface area contributed by atoms with Crippen molar-refractivity contribution in [2.45, 2.75) is 19.9 Å². The first-order chi connectivity index (χ1) is 10.2. The van der Waals surface area contributed by atoms with Crippen LogP contribution in [0.5, 0.6) is 0 Å². The summed E-state index contributed by atoms with van der Waals surface area (Å²) in [5.41, 5.74) is 2.48. The molecular weight excluding hydrogens is 270 g/mol. The van der Waals surface area contributed by atoms with Crippen LogP contribution in [-0.2, 0) is 13.0 Å². The third kappa shape index (κ3) is 3.42. The average Bonchev–Trinajstić information content (AvgIpc) is 2.52. The van der Waals surface area contributed by atoms with Gasteiger partial charge in [-0.25, -0.2) is 0 Å². The fraction of sp³-hybridized carbons (Fsp3) is 0.200. The van der Waals surface area contributed by atoms with Gasteiger partial charge in [0.05, 0.1) is 17.2 Å². The highest BCUT2D eigenvalue weighted by Gasteiger charge is 2.14. The molecule has 1 aromatic carbocycles. The summed E-state index contributed by atoms with van der Waals surface area (Å²) >= 11 is 0. The van der Waals surface area contributed by atoms with Crippen LogP contribution in [0.25, 0.3) is 0 Å². The molecule has 0 aliphatic heterocycles. The van der Waals surface area contributed by atoms with Gasteiger partial charge in [0, 0.05) is 17.8 Å². The fourth-order valence-electron chi connectivity index (χ4n) is 2.05. The molecule has 0 unspecified atom stereocenters. The second-order valence-corrected chi connectivity index (χ2v) is 4.47. The number of pyridine rings is 1. The molecule has 0 amide bonds. The van der Waals surface area contributed by atoms with Crippen LogP contribution in [0.3, 0.4) is 0 Å². The molecule has 2 rings (SSSR count). The van der Waals surface area contributed by atoms with Crippen molar-refractivity contribution in [1.82, 2.24) is 4.98 Å². The van der Waals surface area contributed by atoms with Crippen LogP contribution >= 0.6 is 0 Å². The van der Waals surface area contributed by atoms with E-state index >= 15 is 0 Å². The number of aromatic nitrogens is 1. The molecule has 0 atom stereocenters. The van der Waals surface area contributed by atoms with Crippen LogP contribution in [-0.4, -0.2) is 16.2 Å². The van der Waals surface area contributed by atoms with E-state index in [0.29, 0.717) is 18.5 Å². The zero-order chi connectivity index (χ0) is 15.2. The van der Waals surface area contributed by atoms with Crippen molar-refractivity contribution in [1.29, 1.82) is 0 Å². The number of hydrogen-bond donors (Lipinski definition) is 1. The topological polar surface area (TPSA) is 85.1 Å². The molecule has 1 N–H and O–H groups in total. The average molecular weight is 285 g/mol. The number of anilines is 1. The Labute approximate surface area is 122 Å². The van der Waals surface area contributed by atoms with Crippen molar-refractivity contribution in [2.75, 3.05) is 5.32 Å². The van der Waals surface area contributed by atoms with Gasteiger partial charge >= 0.3 is 0 Å². The van der Waals surface area contributed by atoms with E-state index in [1.54, 1.807) is 12.3 Å². The maximum Gasteiger partial charge on any atom is 0.293 e. The van der Waals surface area contributed by atoms with Gasteiger partial charge in [0.1, 0.15) is 12.0 Å². The number of nitro benzene ring substituents is 1. The van der Waals surface area contributed by atoms with Crippen LogP contribution in [0.1, 0.15) is 28.5 Å². The molecule has 0 bridgehead atoms. The first kappa shape index (κ1) is 14.6. The maximum absolute atomic E-state index is 11.1. The van der Waals surface area contributed by atoms with Crippen LogP contribution in [0.2, 0.25) is 0 Å². The highest BCUT2D eigenvalue weighted by molar-refractivity contribution is 5.79. The van der Waals surface area contributed by atoms with Crippen LogP contribution < -0.4 is 5.32 Å². The number of hydrogen-bond acceptors (Lipinski definition) is 5. The Morgan fingerprint density at radius 3 is 2.86 bits per heavy atom. The highest BCUT2D eigenvalue weighted by Crippen LogP contribution is 2.25. The van der Waals surface area contributed by atoms with Gasteiger partial charge in [-0.05, 0) is 30.2 Å². The number of benzene rings is 1. The smallest absolute Gasteiger partial charge is 0.293 e. The Balaban J connectivity index is 2.23. The van der Waals surface area contributed by atoms with Gasteiger partial charge in [-0.1, -0.05) is 13.0 Å². The third-order valence-electron chi connectivity index (χ3n) is 3.17. The Morgan fingerprint density at radius 2 is 2.19 bits per heavy atom. The minimum absolute atomic E-state index is 0.117. The summed E-state index contributed by atoms with van der Waals surface area (Å²) in [7, 11) is 0. The van der Waals surface area contributed by atoms with Crippen molar-refractivity contribution in [3.63, 3.8) is 0 Å². The maximum atomic E-state index is 11.1. The summed E-state index contributed by atoms with van der Waals surface area (Å²) in [6.07, 6.45) is 3.13. The van der Waals surface area contributed by atoms with Gasteiger partial charge in [-0.3, -0.25) is 19.9 Å². The monoisotopic (exact) mass is 285 g/mol. The summed E-state index contributed by atoms with van der Waals surface area (Å²) < 4.78 is 0. The number of aldehydes is 1. The summed E-state index contributed by atoms with van der Waals surface area (Å²) in [5.74, 6) is 0. The molecule has 0 aliphatic rings. The van der Waals surface area contributed by atoms with E-state index in [2.05, 4.69) is 10.3 Å². The van der Waals surface area contributed by atoms with E-state index in [1.807, 2.05) is 19.1 Å². The van der Waals surface area contributed by atoms with Crippen molar-refractivity contribution in [3.05, 3.63) is 63.5 Å². The van der Waals surface area contributed by atoms with Crippen LogP contribution in [0.15, 0.2) is 36.5 Å². The molecular formula is C15H15N3O3. The third-order valence-corrected chi connectivity index (χ3v) is 3.17. The van der Waals surface area contributed by atoms with E-state index in [9.17, 15) is 14.9 Å². The lowest BCUT2D eigenvalue weighted by atomic mass is 10.1. The van der Waals surface area contributed by atoms with E-state index in [4.69, 9.17) is 0 Å². The number of carbonyl (C=O) groups excluding carboxylic acids is 1. The quantitative estimate of drug-likeness (QED) is 0.501. The number of nitro groups is 1. The van der Waals surface area contributed by atoms with E-state index in [1.165, 1.54) is 12.1 Å². The summed E-state index contributed by atoms with van der Waals surface area (Å²) in [6.45, 7) is 2.42. The van der Waals surface area contributed by atoms with Crippen molar-refractivity contribution < 1.29 is 9.72 Å².